The third kappa shape index (κ3) is 3.58. The van der Waals surface area contributed by atoms with Crippen LogP contribution in [0.1, 0.15) is 56.9 Å². The number of rotatable bonds is 5. The molecule has 25 heavy (non-hydrogen) atoms. The number of nitrogens with zero attached hydrogens (tertiary/aromatic N) is 1. The summed E-state index contributed by atoms with van der Waals surface area (Å²) in [6.07, 6.45) is 6.89. The molecule has 134 valence electrons. The van der Waals surface area contributed by atoms with Gasteiger partial charge in [-0.25, -0.2) is 0 Å². The Kier molecular flexibility index (Phi) is 5.17. The Morgan fingerprint density at radius 3 is 2.44 bits per heavy atom. The zero-order valence-corrected chi connectivity index (χ0v) is 14.7. The Balaban J connectivity index is 1.85. The first-order chi connectivity index (χ1) is 12.1. The van der Waals surface area contributed by atoms with Crippen LogP contribution in [0, 0.1) is 17.2 Å². The first-order valence-corrected chi connectivity index (χ1v) is 9.07. The van der Waals surface area contributed by atoms with Crippen molar-refractivity contribution in [2.75, 3.05) is 7.11 Å². The molecule has 0 saturated heterocycles. The van der Waals surface area contributed by atoms with E-state index in [-0.39, 0.29) is 12.0 Å². The van der Waals surface area contributed by atoms with Crippen LogP contribution in [0.4, 0.5) is 0 Å². The van der Waals surface area contributed by atoms with Gasteiger partial charge in [-0.05, 0) is 69.1 Å². The second-order valence-corrected chi connectivity index (χ2v) is 7.20. The number of benzene rings is 1. The molecule has 1 N–H and O–H groups in total. The van der Waals surface area contributed by atoms with Crippen LogP contribution in [-0.4, -0.2) is 24.3 Å². The van der Waals surface area contributed by atoms with E-state index in [2.05, 4.69) is 6.07 Å². The van der Waals surface area contributed by atoms with E-state index in [4.69, 9.17) is 9.47 Å². The highest BCUT2D eigenvalue weighted by atomic mass is 16.5. The highest BCUT2D eigenvalue weighted by Gasteiger charge is 2.39. The summed E-state index contributed by atoms with van der Waals surface area (Å²) in [4.78, 5) is 11.2. The molecule has 0 spiro atoms. The zero-order chi connectivity index (χ0) is 17.9. The van der Waals surface area contributed by atoms with E-state index in [0.29, 0.717) is 37.2 Å². The van der Waals surface area contributed by atoms with Crippen molar-refractivity contribution in [2.24, 2.45) is 5.92 Å². The maximum atomic E-state index is 11.2. The molecule has 2 aliphatic carbocycles. The van der Waals surface area contributed by atoms with Crippen LogP contribution < -0.4 is 9.47 Å². The van der Waals surface area contributed by atoms with Gasteiger partial charge in [0.15, 0.2) is 11.5 Å². The molecule has 3 rings (SSSR count). The highest BCUT2D eigenvalue weighted by molar-refractivity contribution is 5.70. The van der Waals surface area contributed by atoms with Gasteiger partial charge in [-0.1, -0.05) is 6.07 Å². The number of aliphatic carboxylic acids is 1. The van der Waals surface area contributed by atoms with Gasteiger partial charge >= 0.3 is 5.97 Å². The van der Waals surface area contributed by atoms with Crippen LogP contribution in [0.25, 0.3) is 0 Å². The lowest BCUT2D eigenvalue weighted by Gasteiger charge is -2.34. The number of hydrogen-bond acceptors (Lipinski definition) is 4. The van der Waals surface area contributed by atoms with Gasteiger partial charge in [-0.3, -0.25) is 4.79 Å². The molecule has 1 aromatic carbocycles. The first kappa shape index (κ1) is 17.6. The van der Waals surface area contributed by atoms with Crippen molar-refractivity contribution >= 4 is 5.97 Å². The molecule has 0 heterocycles. The molecular weight excluding hydrogens is 318 g/mol. The lowest BCUT2D eigenvalue weighted by molar-refractivity contribution is -0.143. The Bertz CT molecular complexity index is 665. The molecule has 0 atom stereocenters. The van der Waals surface area contributed by atoms with Crippen molar-refractivity contribution in [3.05, 3.63) is 23.8 Å². The van der Waals surface area contributed by atoms with E-state index in [1.54, 1.807) is 7.11 Å². The summed E-state index contributed by atoms with van der Waals surface area (Å²) in [5, 5.41) is 19.1. The summed E-state index contributed by atoms with van der Waals surface area (Å²) in [7, 11) is 1.62. The molecular formula is C20H25NO4. The Morgan fingerprint density at radius 2 is 1.88 bits per heavy atom. The van der Waals surface area contributed by atoms with E-state index in [0.717, 1.165) is 18.4 Å². The lowest BCUT2D eigenvalue weighted by atomic mass is 9.67. The highest BCUT2D eigenvalue weighted by Crippen LogP contribution is 2.44. The predicted octanol–water partition coefficient (Wildman–Crippen LogP) is 4.05. The fourth-order valence-corrected chi connectivity index (χ4v) is 4.07. The predicted molar refractivity (Wildman–Crippen MR) is 92.8 cm³/mol. The third-order valence-electron chi connectivity index (χ3n) is 5.71. The Morgan fingerprint density at radius 1 is 1.20 bits per heavy atom. The number of ether oxygens (including phenoxy) is 2. The van der Waals surface area contributed by atoms with Crippen molar-refractivity contribution in [1.82, 2.24) is 0 Å². The number of carbonyl (C=O) groups is 1. The monoisotopic (exact) mass is 343 g/mol. The van der Waals surface area contributed by atoms with Gasteiger partial charge in [-0.2, -0.15) is 5.26 Å². The second-order valence-electron chi connectivity index (χ2n) is 7.20. The average Bonchev–Trinajstić information content (AvgIpc) is 3.14. The number of carboxylic acid groups (broad SMARTS) is 1. The first-order valence-electron chi connectivity index (χ1n) is 9.07. The van der Waals surface area contributed by atoms with Crippen LogP contribution in [-0.2, 0) is 10.2 Å². The Labute approximate surface area is 148 Å². The molecule has 0 amide bonds. The molecule has 2 fully saturated rings. The summed E-state index contributed by atoms with van der Waals surface area (Å²) < 4.78 is 11.6. The molecule has 2 saturated carbocycles. The largest absolute Gasteiger partial charge is 0.493 e. The minimum absolute atomic E-state index is 0.213. The van der Waals surface area contributed by atoms with Crippen molar-refractivity contribution < 1.29 is 19.4 Å². The van der Waals surface area contributed by atoms with Crippen LogP contribution in [0.15, 0.2) is 18.2 Å². The van der Waals surface area contributed by atoms with E-state index in [1.165, 1.54) is 12.8 Å². The topological polar surface area (TPSA) is 79.5 Å². The van der Waals surface area contributed by atoms with Gasteiger partial charge in [-0.15, -0.1) is 0 Å². The normalized spacial score (nSPS) is 26.8. The number of hydrogen-bond donors (Lipinski definition) is 1. The van der Waals surface area contributed by atoms with Gasteiger partial charge < -0.3 is 14.6 Å². The average molecular weight is 343 g/mol. The number of carboxylic acids is 1. The van der Waals surface area contributed by atoms with Crippen LogP contribution in [0.3, 0.4) is 0 Å². The molecule has 0 radical (unpaired) electrons. The van der Waals surface area contributed by atoms with Crippen molar-refractivity contribution in [1.29, 1.82) is 5.26 Å². The maximum absolute atomic E-state index is 11.2. The molecule has 5 nitrogen and oxygen atoms in total. The fourth-order valence-electron chi connectivity index (χ4n) is 4.07. The lowest BCUT2D eigenvalue weighted by Crippen LogP contribution is -2.33. The molecule has 0 aliphatic heterocycles. The zero-order valence-electron chi connectivity index (χ0n) is 14.7. The molecule has 5 heteroatoms. The van der Waals surface area contributed by atoms with Gasteiger partial charge in [0, 0.05) is 0 Å². The van der Waals surface area contributed by atoms with Crippen molar-refractivity contribution in [2.45, 2.75) is 62.9 Å². The van der Waals surface area contributed by atoms with Crippen LogP contribution >= 0.6 is 0 Å². The maximum Gasteiger partial charge on any atom is 0.306 e. The van der Waals surface area contributed by atoms with Gasteiger partial charge in [0.2, 0.25) is 0 Å². The Hall–Kier alpha value is -2.22. The summed E-state index contributed by atoms with van der Waals surface area (Å²) >= 11 is 0. The van der Waals surface area contributed by atoms with Crippen molar-refractivity contribution in [3.8, 4) is 17.6 Å². The quantitative estimate of drug-likeness (QED) is 0.872. The van der Waals surface area contributed by atoms with E-state index < -0.39 is 11.4 Å². The molecule has 2 aliphatic rings. The summed E-state index contributed by atoms with van der Waals surface area (Å²) in [5.41, 5.74) is 0.277. The molecule has 0 bridgehead atoms. The second kappa shape index (κ2) is 7.35. The summed E-state index contributed by atoms with van der Waals surface area (Å²) in [5.74, 6) is 0.283. The van der Waals surface area contributed by atoms with Crippen molar-refractivity contribution in [3.63, 3.8) is 0 Å². The third-order valence-corrected chi connectivity index (χ3v) is 5.71. The van der Waals surface area contributed by atoms with Gasteiger partial charge in [0.05, 0.1) is 30.6 Å². The van der Waals surface area contributed by atoms with E-state index >= 15 is 0 Å². The smallest absolute Gasteiger partial charge is 0.306 e. The number of nitriles is 1. The summed E-state index contributed by atoms with van der Waals surface area (Å²) in [6, 6.07) is 8.18. The SMILES string of the molecule is COc1ccc([C@]2(C#N)CC[C@H](C(=O)O)CC2)cc1OC1CCCC1. The van der Waals surface area contributed by atoms with E-state index in [9.17, 15) is 15.2 Å². The molecule has 0 unspecified atom stereocenters. The minimum atomic E-state index is -0.758. The fraction of sp³-hybridized carbons (Fsp3) is 0.600. The van der Waals surface area contributed by atoms with E-state index in [1.807, 2.05) is 18.2 Å². The van der Waals surface area contributed by atoms with Crippen LogP contribution in [0.5, 0.6) is 11.5 Å². The van der Waals surface area contributed by atoms with Gasteiger partial charge in [0.1, 0.15) is 0 Å². The number of methoxy groups -OCH3 is 1. The standard InChI is InChI=1S/C20H25NO4/c1-24-17-7-6-15(12-18(17)25-16-4-2-3-5-16)20(13-21)10-8-14(9-11-20)19(22)23/h6-7,12,14,16H,2-5,8-11H2,1H3,(H,22,23)/t14-,20+. The van der Waals surface area contributed by atoms with Crippen LogP contribution in [0.2, 0.25) is 0 Å². The summed E-state index contributed by atoms with van der Waals surface area (Å²) in [6.45, 7) is 0. The molecule has 0 aromatic heterocycles. The molecule has 1 aromatic rings. The van der Waals surface area contributed by atoms with Gasteiger partial charge in [0.25, 0.3) is 0 Å². The minimum Gasteiger partial charge on any atom is -0.493 e.